The van der Waals surface area contributed by atoms with Gasteiger partial charge in [0.25, 0.3) is 5.91 Å². The molecular formula is C23H19FN4O4. The molecule has 2 N–H and O–H groups in total. The van der Waals surface area contributed by atoms with E-state index < -0.39 is 16.9 Å². The van der Waals surface area contributed by atoms with Crippen molar-refractivity contribution in [1.29, 1.82) is 0 Å². The topological polar surface area (TPSA) is 106 Å². The van der Waals surface area contributed by atoms with Crippen LogP contribution in [-0.2, 0) is 13.1 Å². The Balaban J connectivity index is 1.44. The highest BCUT2D eigenvalue weighted by Gasteiger charge is 2.11. The minimum atomic E-state index is -0.733. The summed E-state index contributed by atoms with van der Waals surface area (Å²) in [7, 11) is 0. The Kier molecular flexibility index (Phi) is 5.80. The molecular weight excluding hydrogens is 415 g/mol. The van der Waals surface area contributed by atoms with Gasteiger partial charge >= 0.3 is 11.1 Å². The first-order valence-electron chi connectivity index (χ1n) is 9.88. The van der Waals surface area contributed by atoms with E-state index in [9.17, 15) is 18.8 Å². The summed E-state index contributed by atoms with van der Waals surface area (Å²) < 4.78 is 20.1. The molecule has 0 radical (unpaired) electrons. The van der Waals surface area contributed by atoms with Gasteiger partial charge in [-0.15, -0.1) is 0 Å². The molecule has 0 atom stereocenters. The van der Waals surface area contributed by atoms with Gasteiger partial charge in [0.1, 0.15) is 11.6 Å². The molecule has 4 rings (SSSR count). The summed E-state index contributed by atoms with van der Waals surface area (Å²) >= 11 is 0. The molecule has 0 spiro atoms. The third-order valence-corrected chi connectivity index (χ3v) is 4.82. The van der Waals surface area contributed by atoms with Gasteiger partial charge in [0.15, 0.2) is 0 Å². The van der Waals surface area contributed by atoms with Gasteiger partial charge in [0, 0.05) is 37.0 Å². The molecule has 8 nitrogen and oxygen atoms in total. The first-order chi connectivity index (χ1) is 15.4. The highest BCUT2D eigenvalue weighted by Crippen LogP contribution is 2.20. The van der Waals surface area contributed by atoms with Gasteiger partial charge in [0.05, 0.1) is 11.0 Å². The van der Waals surface area contributed by atoms with Crippen LogP contribution in [0.3, 0.4) is 0 Å². The van der Waals surface area contributed by atoms with Crippen molar-refractivity contribution in [2.24, 2.45) is 0 Å². The molecule has 2 heterocycles. The lowest BCUT2D eigenvalue weighted by Crippen LogP contribution is -2.36. The second-order valence-electron chi connectivity index (χ2n) is 6.98. The molecule has 0 fully saturated rings. The molecule has 1 amide bonds. The van der Waals surface area contributed by atoms with Gasteiger partial charge < -0.3 is 19.6 Å². The van der Waals surface area contributed by atoms with E-state index in [1.807, 2.05) is 0 Å². The van der Waals surface area contributed by atoms with Gasteiger partial charge in [-0.25, -0.2) is 9.37 Å². The first kappa shape index (κ1) is 21.0. The van der Waals surface area contributed by atoms with Crippen molar-refractivity contribution in [2.45, 2.75) is 20.0 Å². The van der Waals surface area contributed by atoms with E-state index in [4.69, 9.17) is 4.74 Å². The highest BCUT2D eigenvalue weighted by molar-refractivity contribution is 5.97. The van der Waals surface area contributed by atoms with Gasteiger partial charge in [-0.3, -0.25) is 14.4 Å². The van der Waals surface area contributed by atoms with Crippen LogP contribution in [0.4, 0.5) is 4.39 Å². The monoisotopic (exact) mass is 434 g/mol. The lowest BCUT2D eigenvalue weighted by molar-refractivity contribution is 0.0951. The molecule has 0 aliphatic rings. The van der Waals surface area contributed by atoms with E-state index in [1.54, 1.807) is 49.5 Å². The van der Waals surface area contributed by atoms with E-state index in [-0.39, 0.29) is 12.5 Å². The predicted molar refractivity (Wildman–Crippen MR) is 116 cm³/mol. The summed E-state index contributed by atoms with van der Waals surface area (Å²) in [4.78, 5) is 43.0. The van der Waals surface area contributed by atoms with Crippen LogP contribution >= 0.6 is 0 Å². The van der Waals surface area contributed by atoms with Crippen LogP contribution < -0.4 is 21.2 Å². The van der Waals surface area contributed by atoms with Crippen LogP contribution in [0.2, 0.25) is 0 Å². The lowest BCUT2D eigenvalue weighted by Gasteiger charge is -2.10. The fourth-order valence-corrected chi connectivity index (χ4v) is 3.25. The quantitative estimate of drug-likeness (QED) is 0.454. The van der Waals surface area contributed by atoms with Gasteiger partial charge in [-0.2, -0.15) is 0 Å². The average molecular weight is 434 g/mol. The number of fused-ring (bicyclic) bond motifs is 1. The molecule has 0 aliphatic heterocycles. The molecule has 9 heteroatoms. The molecule has 32 heavy (non-hydrogen) atoms. The van der Waals surface area contributed by atoms with Crippen LogP contribution in [0.5, 0.6) is 11.6 Å². The molecule has 4 aromatic rings. The van der Waals surface area contributed by atoms with Crippen molar-refractivity contribution < 1.29 is 13.9 Å². The largest absolute Gasteiger partial charge is 0.439 e. The van der Waals surface area contributed by atoms with Crippen LogP contribution in [0.1, 0.15) is 22.8 Å². The number of nitrogens with one attached hydrogen (secondary N) is 2. The number of H-pyrrole nitrogens is 1. The number of amides is 1. The number of hydrogen-bond acceptors (Lipinski definition) is 5. The van der Waals surface area contributed by atoms with Gasteiger partial charge in [0.2, 0.25) is 5.88 Å². The van der Waals surface area contributed by atoms with Gasteiger partial charge in [-0.05, 0) is 42.8 Å². The Labute approximate surface area is 181 Å². The molecule has 2 aromatic heterocycles. The van der Waals surface area contributed by atoms with Crippen LogP contribution in [0.25, 0.3) is 11.0 Å². The number of aromatic nitrogens is 3. The van der Waals surface area contributed by atoms with Crippen molar-refractivity contribution in [1.82, 2.24) is 19.9 Å². The minimum absolute atomic E-state index is 0.217. The predicted octanol–water partition coefficient (Wildman–Crippen LogP) is 2.97. The van der Waals surface area contributed by atoms with E-state index in [0.717, 1.165) is 5.56 Å². The zero-order valence-electron chi connectivity index (χ0n) is 17.1. The van der Waals surface area contributed by atoms with Crippen molar-refractivity contribution >= 4 is 16.9 Å². The number of pyridine rings is 1. The molecule has 2 aromatic carbocycles. The van der Waals surface area contributed by atoms with Crippen LogP contribution in [0.15, 0.2) is 70.4 Å². The summed E-state index contributed by atoms with van der Waals surface area (Å²) in [5, 5.41) is 2.78. The normalized spacial score (nSPS) is 10.8. The van der Waals surface area contributed by atoms with E-state index in [1.165, 1.54) is 22.8 Å². The third kappa shape index (κ3) is 4.41. The molecule has 162 valence electrons. The zero-order chi connectivity index (χ0) is 22.7. The van der Waals surface area contributed by atoms with Crippen molar-refractivity contribution in [3.8, 4) is 11.6 Å². The number of benzene rings is 2. The number of nitrogens with zero attached hydrogens (tertiary/aromatic N) is 2. The summed E-state index contributed by atoms with van der Waals surface area (Å²) in [6.07, 6.45) is 1.55. The number of rotatable bonds is 6. The maximum atomic E-state index is 13.2. The fourth-order valence-electron chi connectivity index (χ4n) is 3.25. The Bertz CT molecular complexity index is 1410. The maximum Gasteiger partial charge on any atom is 0.316 e. The average Bonchev–Trinajstić information content (AvgIpc) is 2.79. The standard InChI is InChI=1S/C23H19FN4O4/c1-2-28-19-8-7-15(10-18(19)27-22(30)23(28)31)21(29)26-13-14-6-9-20(25-12-14)32-17-5-3-4-16(24)11-17/h3-12H,2,13H2,1H3,(H,26,29)(H,27,30). The number of aryl methyl sites for hydroxylation is 1. The summed E-state index contributed by atoms with van der Waals surface area (Å²) in [6.45, 7) is 2.33. The summed E-state index contributed by atoms with van der Waals surface area (Å²) in [5.41, 5.74) is 0.668. The van der Waals surface area contributed by atoms with E-state index in [0.29, 0.717) is 34.8 Å². The second-order valence-corrected chi connectivity index (χ2v) is 6.98. The number of carbonyl (C=O) groups is 1. The highest BCUT2D eigenvalue weighted by atomic mass is 19.1. The SMILES string of the molecule is CCn1c(=O)c(=O)[nH]c2cc(C(=O)NCc3ccc(Oc4cccc(F)c4)nc3)ccc21. The third-order valence-electron chi connectivity index (χ3n) is 4.82. The molecule has 0 unspecified atom stereocenters. The molecule has 0 aliphatic carbocycles. The number of carbonyl (C=O) groups excluding carboxylic acids is 1. The Morgan fingerprint density at radius 1 is 1.16 bits per heavy atom. The Morgan fingerprint density at radius 2 is 2.00 bits per heavy atom. The Hall–Kier alpha value is -4.27. The number of hydrogen-bond donors (Lipinski definition) is 2. The fraction of sp³-hybridized carbons (Fsp3) is 0.130. The summed E-state index contributed by atoms with van der Waals surface area (Å²) in [6, 6.07) is 13.9. The zero-order valence-corrected chi connectivity index (χ0v) is 17.1. The second kappa shape index (κ2) is 8.84. The van der Waals surface area contributed by atoms with Crippen molar-refractivity contribution in [2.75, 3.05) is 0 Å². The smallest absolute Gasteiger partial charge is 0.316 e. The maximum absolute atomic E-state index is 13.2. The van der Waals surface area contributed by atoms with E-state index >= 15 is 0 Å². The van der Waals surface area contributed by atoms with Gasteiger partial charge in [-0.1, -0.05) is 12.1 Å². The van der Waals surface area contributed by atoms with Crippen LogP contribution in [-0.4, -0.2) is 20.4 Å². The first-order valence-corrected chi connectivity index (χ1v) is 9.88. The lowest BCUT2D eigenvalue weighted by atomic mass is 10.1. The van der Waals surface area contributed by atoms with Crippen molar-refractivity contribution in [3.63, 3.8) is 0 Å². The van der Waals surface area contributed by atoms with Crippen molar-refractivity contribution in [3.05, 3.63) is 98.4 Å². The molecule has 0 bridgehead atoms. The number of halogens is 1. The number of ether oxygens (including phenoxy) is 1. The minimum Gasteiger partial charge on any atom is -0.439 e. The van der Waals surface area contributed by atoms with E-state index in [2.05, 4.69) is 15.3 Å². The Morgan fingerprint density at radius 3 is 2.72 bits per heavy atom. The number of aromatic amines is 1. The molecule has 0 saturated heterocycles. The summed E-state index contributed by atoms with van der Waals surface area (Å²) in [5.74, 6) is -0.118. The molecule has 0 saturated carbocycles. The van der Waals surface area contributed by atoms with Crippen LogP contribution in [0, 0.1) is 5.82 Å².